The summed E-state index contributed by atoms with van der Waals surface area (Å²) in [6, 6.07) is 0.579. The Morgan fingerprint density at radius 3 is 2.38 bits per heavy atom. The van der Waals surface area contributed by atoms with Crippen LogP contribution < -0.4 is 5.73 Å². The number of amides is 1. The summed E-state index contributed by atoms with van der Waals surface area (Å²) in [5.74, 6) is 0.00556. The number of anilines is 1. The normalized spacial score (nSPS) is 18.0. The van der Waals surface area contributed by atoms with Crippen molar-refractivity contribution in [3.8, 4) is 0 Å². The van der Waals surface area contributed by atoms with Crippen LogP contribution in [0, 0.1) is 0 Å². The summed E-state index contributed by atoms with van der Waals surface area (Å²) >= 11 is 0. The lowest BCUT2D eigenvalue weighted by molar-refractivity contribution is 0.0570. The van der Waals surface area contributed by atoms with Crippen LogP contribution in [0.25, 0.3) is 0 Å². The quantitative estimate of drug-likeness (QED) is 0.903. The molecule has 0 spiro atoms. The van der Waals surface area contributed by atoms with E-state index in [4.69, 9.17) is 5.73 Å². The third-order valence-corrected chi connectivity index (χ3v) is 4.51. The van der Waals surface area contributed by atoms with Gasteiger partial charge in [0, 0.05) is 39.3 Å². The Morgan fingerprint density at radius 1 is 1.29 bits per heavy atom. The van der Waals surface area contributed by atoms with Crippen molar-refractivity contribution in [2.24, 2.45) is 7.05 Å². The second-order valence-corrected chi connectivity index (χ2v) is 5.77. The highest BCUT2D eigenvalue weighted by molar-refractivity contribution is 5.98. The van der Waals surface area contributed by atoms with E-state index < -0.39 is 0 Å². The molecule has 0 saturated carbocycles. The standard InChI is InChI=1S/C15H27N5O/c1-5-11(3)19-7-9-20(10-8-19)15(21)14-13(16)12(6-2)17-18(14)4/h11H,5-10,16H2,1-4H3. The molecule has 6 heteroatoms. The van der Waals surface area contributed by atoms with E-state index in [1.165, 1.54) is 0 Å². The lowest BCUT2D eigenvalue weighted by Crippen LogP contribution is -2.51. The smallest absolute Gasteiger partial charge is 0.274 e. The highest BCUT2D eigenvalue weighted by Gasteiger charge is 2.28. The maximum Gasteiger partial charge on any atom is 0.274 e. The minimum atomic E-state index is 0.00556. The topological polar surface area (TPSA) is 67.4 Å². The third kappa shape index (κ3) is 3.05. The Balaban J connectivity index is 2.07. The number of aromatic nitrogens is 2. The molecule has 1 saturated heterocycles. The summed E-state index contributed by atoms with van der Waals surface area (Å²) in [6.07, 6.45) is 1.89. The molecule has 0 radical (unpaired) electrons. The molecule has 0 aromatic carbocycles. The van der Waals surface area contributed by atoms with Gasteiger partial charge in [-0.05, 0) is 19.8 Å². The van der Waals surface area contributed by atoms with Gasteiger partial charge >= 0.3 is 0 Å². The van der Waals surface area contributed by atoms with Crippen LogP contribution in [-0.4, -0.2) is 57.7 Å². The maximum atomic E-state index is 12.7. The number of hydrogen-bond acceptors (Lipinski definition) is 4. The van der Waals surface area contributed by atoms with E-state index in [2.05, 4.69) is 23.8 Å². The van der Waals surface area contributed by atoms with Gasteiger partial charge in [0.05, 0.1) is 11.4 Å². The Hall–Kier alpha value is -1.56. The van der Waals surface area contributed by atoms with Gasteiger partial charge in [-0.3, -0.25) is 14.4 Å². The predicted octanol–water partition coefficient (Wildman–Crippen LogP) is 1.12. The lowest BCUT2D eigenvalue weighted by atomic mass is 10.1. The molecule has 1 aliphatic heterocycles. The number of rotatable bonds is 4. The van der Waals surface area contributed by atoms with Crippen molar-refractivity contribution in [1.29, 1.82) is 0 Å². The molecule has 1 atom stereocenters. The summed E-state index contributed by atoms with van der Waals surface area (Å²) < 4.78 is 1.62. The molecule has 1 fully saturated rings. The molecule has 21 heavy (non-hydrogen) atoms. The van der Waals surface area contributed by atoms with Crippen molar-refractivity contribution in [2.75, 3.05) is 31.9 Å². The molecular formula is C15H27N5O. The van der Waals surface area contributed by atoms with Gasteiger partial charge in [-0.1, -0.05) is 13.8 Å². The zero-order valence-corrected chi connectivity index (χ0v) is 13.6. The number of aryl methyl sites for hydroxylation is 2. The summed E-state index contributed by atoms with van der Waals surface area (Å²) in [4.78, 5) is 17.0. The molecule has 2 heterocycles. The van der Waals surface area contributed by atoms with Crippen LogP contribution in [0.1, 0.15) is 43.4 Å². The largest absolute Gasteiger partial charge is 0.395 e. The fourth-order valence-corrected chi connectivity index (χ4v) is 2.88. The van der Waals surface area contributed by atoms with Crippen LogP contribution in [-0.2, 0) is 13.5 Å². The van der Waals surface area contributed by atoms with Gasteiger partial charge in [-0.25, -0.2) is 0 Å². The molecule has 0 aliphatic carbocycles. The highest BCUT2D eigenvalue weighted by atomic mass is 16.2. The SMILES string of the molecule is CCc1nn(C)c(C(=O)N2CCN(C(C)CC)CC2)c1N. The first-order valence-corrected chi connectivity index (χ1v) is 7.84. The molecule has 6 nitrogen and oxygen atoms in total. The van der Waals surface area contributed by atoms with Crippen molar-refractivity contribution in [1.82, 2.24) is 19.6 Å². The first-order chi connectivity index (χ1) is 9.99. The summed E-state index contributed by atoms with van der Waals surface area (Å²) in [6.45, 7) is 9.82. The summed E-state index contributed by atoms with van der Waals surface area (Å²) in [5.41, 5.74) is 7.95. The van der Waals surface area contributed by atoms with Gasteiger partial charge in [0.1, 0.15) is 5.69 Å². The van der Waals surface area contributed by atoms with Crippen LogP contribution in [0.5, 0.6) is 0 Å². The fourth-order valence-electron chi connectivity index (χ4n) is 2.88. The average Bonchev–Trinajstić information content (AvgIpc) is 2.80. The monoisotopic (exact) mass is 293 g/mol. The Labute approximate surface area is 126 Å². The van der Waals surface area contributed by atoms with Crippen LogP contribution in [0.4, 0.5) is 5.69 Å². The van der Waals surface area contributed by atoms with Crippen molar-refractivity contribution in [3.05, 3.63) is 11.4 Å². The number of nitrogens with two attached hydrogens (primary N) is 1. The number of hydrogen-bond donors (Lipinski definition) is 1. The first-order valence-electron chi connectivity index (χ1n) is 7.84. The molecule has 118 valence electrons. The zero-order chi connectivity index (χ0) is 15.6. The van der Waals surface area contributed by atoms with Crippen LogP contribution in [0.15, 0.2) is 0 Å². The first kappa shape index (κ1) is 15.8. The van der Waals surface area contributed by atoms with E-state index in [1.54, 1.807) is 11.7 Å². The number of carbonyl (C=O) groups is 1. The van der Waals surface area contributed by atoms with Crippen molar-refractivity contribution >= 4 is 11.6 Å². The second kappa shape index (κ2) is 6.47. The van der Waals surface area contributed by atoms with Gasteiger partial charge in [-0.2, -0.15) is 5.10 Å². The van der Waals surface area contributed by atoms with Crippen LogP contribution in [0.2, 0.25) is 0 Å². The second-order valence-electron chi connectivity index (χ2n) is 5.77. The molecular weight excluding hydrogens is 266 g/mol. The van der Waals surface area contributed by atoms with E-state index in [0.29, 0.717) is 17.4 Å². The fraction of sp³-hybridized carbons (Fsp3) is 0.733. The molecule has 1 aromatic heterocycles. The van der Waals surface area contributed by atoms with Crippen molar-refractivity contribution < 1.29 is 4.79 Å². The Kier molecular flexibility index (Phi) is 4.88. The van der Waals surface area contributed by atoms with Gasteiger partial charge in [0.2, 0.25) is 0 Å². The van der Waals surface area contributed by atoms with Crippen molar-refractivity contribution in [3.63, 3.8) is 0 Å². The van der Waals surface area contributed by atoms with Crippen molar-refractivity contribution in [2.45, 2.75) is 39.7 Å². The molecule has 1 amide bonds. The number of nitrogens with zero attached hydrogens (tertiary/aromatic N) is 4. The highest BCUT2D eigenvalue weighted by Crippen LogP contribution is 2.20. The Morgan fingerprint density at radius 2 is 1.90 bits per heavy atom. The summed E-state index contributed by atoms with van der Waals surface area (Å²) in [5, 5.41) is 4.33. The van der Waals surface area contributed by atoms with Gasteiger partial charge in [0.15, 0.2) is 0 Å². The molecule has 2 N–H and O–H groups in total. The minimum Gasteiger partial charge on any atom is -0.395 e. The molecule has 1 aliphatic rings. The van der Waals surface area contributed by atoms with E-state index in [-0.39, 0.29) is 5.91 Å². The van der Waals surface area contributed by atoms with E-state index in [0.717, 1.165) is 44.7 Å². The zero-order valence-electron chi connectivity index (χ0n) is 13.6. The number of piperazine rings is 1. The number of nitrogen functional groups attached to an aromatic ring is 1. The maximum absolute atomic E-state index is 12.7. The van der Waals surface area contributed by atoms with Crippen LogP contribution in [0.3, 0.4) is 0 Å². The average molecular weight is 293 g/mol. The predicted molar refractivity (Wildman–Crippen MR) is 84.2 cm³/mol. The van der Waals surface area contributed by atoms with Gasteiger partial charge < -0.3 is 10.6 Å². The molecule has 2 rings (SSSR count). The van der Waals surface area contributed by atoms with E-state index in [1.807, 2.05) is 11.8 Å². The van der Waals surface area contributed by atoms with E-state index in [9.17, 15) is 4.79 Å². The van der Waals surface area contributed by atoms with Gasteiger partial charge in [-0.15, -0.1) is 0 Å². The number of carbonyl (C=O) groups excluding carboxylic acids is 1. The third-order valence-electron chi connectivity index (χ3n) is 4.51. The minimum absolute atomic E-state index is 0.00556. The summed E-state index contributed by atoms with van der Waals surface area (Å²) in [7, 11) is 1.79. The molecule has 1 aromatic rings. The Bertz CT molecular complexity index is 502. The molecule has 0 bridgehead atoms. The van der Waals surface area contributed by atoms with E-state index >= 15 is 0 Å². The lowest BCUT2D eigenvalue weighted by Gasteiger charge is -2.37. The molecule has 1 unspecified atom stereocenters. The van der Waals surface area contributed by atoms with Crippen LogP contribution >= 0.6 is 0 Å². The van der Waals surface area contributed by atoms with Gasteiger partial charge in [0.25, 0.3) is 5.91 Å².